The molecule has 0 amide bonds. The molecule has 3 rings (SSSR count). The zero-order valence-corrected chi connectivity index (χ0v) is 18.0. The molecule has 0 aliphatic rings. The molecule has 166 valence electrons. The van der Waals surface area contributed by atoms with Gasteiger partial charge < -0.3 is 14.4 Å². The Kier molecular flexibility index (Phi) is 7.63. The molecule has 0 saturated carbocycles. The summed E-state index contributed by atoms with van der Waals surface area (Å²) in [6.07, 6.45) is 5.82. The summed E-state index contributed by atoms with van der Waals surface area (Å²) in [6, 6.07) is 11.9. The van der Waals surface area contributed by atoms with E-state index in [4.69, 9.17) is 9.84 Å². The summed E-state index contributed by atoms with van der Waals surface area (Å²) in [7, 11) is 0. The summed E-state index contributed by atoms with van der Waals surface area (Å²) in [5, 5.41) is 20.3. The lowest BCUT2D eigenvalue weighted by Gasteiger charge is -2.13. The number of carboxylic acids is 1. The Morgan fingerprint density at radius 2 is 2.09 bits per heavy atom. The van der Waals surface area contributed by atoms with E-state index in [1.807, 2.05) is 35.8 Å². The first-order valence-corrected chi connectivity index (χ1v) is 11.0. The molecule has 1 N–H and O–H groups in total. The van der Waals surface area contributed by atoms with Crippen molar-refractivity contribution in [1.82, 2.24) is 9.55 Å². The Morgan fingerprint density at radius 1 is 1.31 bits per heavy atom. The van der Waals surface area contributed by atoms with E-state index in [2.05, 4.69) is 4.98 Å². The number of nitrogens with zero attached hydrogens (tertiary/aromatic N) is 3. The van der Waals surface area contributed by atoms with Crippen molar-refractivity contribution in [3.8, 4) is 11.4 Å². The molecule has 0 saturated heterocycles. The Labute approximate surface area is 187 Å². The van der Waals surface area contributed by atoms with Crippen LogP contribution in [0.5, 0.6) is 5.75 Å². The van der Waals surface area contributed by atoms with Gasteiger partial charge in [-0.3, -0.25) is 14.7 Å². The van der Waals surface area contributed by atoms with Crippen molar-refractivity contribution in [2.24, 2.45) is 0 Å². The number of para-hydroxylation sites is 1. The van der Waals surface area contributed by atoms with Crippen molar-refractivity contribution in [2.45, 2.75) is 18.5 Å². The van der Waals surface area contributed by atoms with E-state index in [1.165, 1.54) is 18.2 Å². The molecule has 1 atom stereocenters. The van der Waals surface area contributed by atoms with E-state index in [1.54, 1.807) is 12.4 Å². The summed E-state index contributed by atoms with van der Waals surface area (Å²) in [6.45, 7) is 2.21. The first-order chi connectivity index (χ1) is 15.4. The first kappa shape index (κ1) is 23.0. The number of imidazole rings is 1. The molecule has 3 aromatic rings. The third-order valence-electron chi connectivity index (χ3n) is 4.53. The van der Waals surface area contributed by atoms with Gasteiger partial charge >= 0.3 is 11.1 Å². The zero-order chi connectivity index (χ0) is 23.1. The number of hydrogen-bond acceptors (Lipinski definition) is 6. The summed E-state index contributed by atoms with van der Waals surface area (Å²) in [4.78, 5) is 25.5. The molecule has 2 aromatic carbocycles. The van der Waals surface area contributed by atoms with Gasteiger partial charge in [-0.1, -0.05) is 18.2 Å². The zero-order valence-electron chi connectivity index (χ0n) is 17.2. The van der Waals surface area contributed by atoms with Crippen LogP contribution in [0, 0.1) is 17.0 Å². The fraction of sp³-hybridized carbons (Fsp3) is 0.182. The van der Waals surface area contributed by atoms with Crippen LogP contribution in [-0.4, -0.2) is 42.5 Å². The number of carbonyl (C=O) groups is 1. The van der Waals surface area contributed by atoms with E-state index >= 15 is 0 Å². The third-order valence-corrected chi connectivity index (χ3v) is 5.90. The number of hydrogen-bond donors (Lipinski definition) is 1. The molecule has 0 aliphatic heterocycles. The number of aliphatic carboxylic acids is 1. The smallest absolute Gasteiger partial charge is 0.328 e. The van der Waals surface area contributed by atoms with Gasteiger partial charge in [0.25, 0.3) is 5.69 Å². The Hall–Kier alpha value is -3.63. The lowest BCUT2D eigenvalue weighted by Crippen LogP contribution is -2.15. The second-order valence-corrected chi connectivity index (χ2v) is 8.23. The molecule has 0 fully saturated rings. The molecular weight excluding hydrogens is 434 g/mol. The SMILES string of the molecule is Cc1ccccc1-n1ccnc1[S+]([O-])CCCOc1ccc([N+](=O)[O-])c(/C=C/C(=O)O)c1. The maximum Gasteiger partial charge on any atom is 0.328 e. The number of ether oxygens (including phenoxy) is 1. The van der Waals surface area contributed by atoms with E-state index in [-0.39, 0.29) is 17.9 Å². The van der Waals surface area contributed by atoms with Gasteiger partial charge in [0, 0.05) is 35.9 Å². The van der Waals surface area contributed by atoms with Crippen molar-refractivity contribution in [2.75, 3.05) is 12.4 Å². The van der Waals surface area contributed by atoms with E-state index in [9.17, 15) is 19.5 Å². The van der Waals surface area contributed by atoms with Crippen LogP contribution < -0.4 is 4.74 Å². The topological polar surface area (TPSA) is 131 Å². The molecule has 0 spiro atoms. The molecule has 1 unspecified atom stereocenters. The van der Waals surface area contributed by atoms with E-state index in [0.29, 0.717) is 23.1 Å². The lowest BCUT2D eigenvalue weighted by molar-refractivity contribution is -0.385. The van der Waals surface area contributed by atoms with Crippen LogP contribution >= 0.6 is 0 Å². The van der Waals surface area contributed by atoms with Crippen LogP contribution in [0.1, 0.15) is 17.5 Å². The number of rotatable bonds is 10. The molecule has 1 heterocycles. The van der Waals surface area contributed by atoms with Gasteiger partial charge in [-0.25, -0.2) is 4.79 Å². The monoisotopic (exact) mass is 455 g/mol. The van der Waals surface area contributed by atoms with E-state index in [0.717, 1.165) is 23.4 Å². The summed E-state index contributed by atoms with van der Waals surface area (Å²) >= 11 is -1.35. The maximum atomic E-state index is 12.8. The van der Waals surface area contributed by atoms with Crippen molar-refractivity contribution in [1.29, 1.82) is 0 Å². The molecule has 0 bridgehead atoms. The van der Waals surface area contributed by atoms with E-state index < -0.39 is 22.1 Å². The molecule has 0 radical (unpaired) electrons. The van der Waals surface area contributed by atoms with Gasteiger partial charge in [-0.15, -0.1) is 0 Å². The Morgan fingerprint density at radius 3 is 2.81 bits per heavy atom. The minimum atomic E-state index is -1.35. The van der Waals surface area contributed by atoms with Gasteiger partial charge in [0.2, 0.25) is 0 Å². The third kappa shape index (κ3) is 5.74. The van der Waals surface area contributed by atoms with Crippen molar-refractivity contribution >= 4 is 28.9 Å². The van der Waals surface area contributed by atoms with Crippen LogP contribution in [0.15, 0.2) is 66.1 Å². The number of nitro groups is 1. The first-order valence-electron chi connectivity index (χ1n) is 9.67. The normalized spacial score (nSPS) is 12.1. The quantitative estimate of drug-likeness (QED) is 0.162. The fourth-order valence-electron chi connectivity index (χ4n) is 3.03. The van der Waals surface area contributed by atoms with Crippen molar-refractivity contribution < 1.29 is 24.1 Å². The van der Waals surface area contributed by atoms with Gasteiger partial charge in [-0.05, 0) is 36.8 Å². The van der Waals surface area contributed by atoms with Crippen LogP contribution in [0.3, 0.4) is 0 Å². The minimum absolute atomic E-state index is 0.124. The van der Waals surface area contributed by atoms with Gasteiger partial charge in [0.05, 0.1) is 29.0 Å². The van der Waals surface area contributed by atoms with Crippen LogP contribution in [0.25, 0.3) is 11.8 Å². The Bertz CT molecular complexity index is 1140. The van der Waals surface area contributed by atoms with Crippen LogP contribution in [0.2, 0.25) is 0 Å². The number of carboxylic acid groups (broad SMARTS) is 1. The summed E-state index contributed by atoms with van der Waals surface area (Å²) in [5.41, 5.74) is 1.85. The predicted octanol–water partition coefficient (Wildman–Crippen LogP) is 3.76. The number of nitro benzene ring substituents is 1. The molecule has 9 nitrogen and oxygen atoms in total. The summed E-state index contributed by atoms with van der Waals surface area (Å²) < 4.78 is 20.2. The second-order valence-electron chi connectivity index (χ2n) is 6.77. The van der Waals surface area contributed by atoms with Gasteiger partial charge in [-0.2, -0.15) is 4.98 Å². The Balaban J connectivity index is 1.61. The number of aryl methyl sites for hydroxylation is 1. The molecular formula is C22H21N3O6S. The predicted molar refractivity (Wildman–Crippen MR) is 119 cm³/mol. The van der Waals surface area contributed by atoms with Crippen LogP contribution in [-0.2, 0) is 16.0 Å². The highest BCUT2D eigenvalue weighted by molar-refractivity contribution is 7.91. The van der Waals surface area contributed by atoms with Gasteiger partial charge in [0.1, 0.15) is 11.5 Å². The molecule has 0 aliphatic carbocycles. The molecule has 10 heteroatoms. The fourth-order valence-corrected chi connectivity index (χ4v) is 4.15. The highest BCUT2D eigenvalue weighted by Crippen LogP contribution is 2.26. The van der Waals surface area contributed by atoms with Crippen LogP contribution in [0.4, 0.5) is 5.69 Å². The van der Waals surface area contributed by atoms with Crippen molar-refractivity contribution in [3.63, 3.8) is 0 Å². The average Bonchev–Trinajstić information content (AvgIpc) is 3.25. The summed E-state index contributed by atoms with van der Waals surface area (Å²) in [5.74, 6) is -0.535. The molecule has 32 heavy (non-hydrogen) atoms. The highest BCUT2D eigenvalue weighted by atomic mass is 32.2. The lowest BCUT2D eigenvalue weighted by atomic mass is 10.1. The average molecular weight is 455 g/mol. The van der Waals surface area contributed by atoms with Gasteiger partial charge in [0.15, 0.2) is 0 Å². The maximum absolute atomic E-state index is 12.8. The molecule has 1 aromatic heterocycles. The number of benzene rings is 2. The van der Waals surface area contributed by atoms with Crippen molar-refractivity contribution in [3.05, 3.63) is 82.2 Å². The second kappa shape index (κ2) is 10.6. The highest BCUT2D eigenvalue weighted by Gasteiger charge is 2.20. The standard InChI is InChI=1S/C22H21N3O6S/c1-16-5-2-3-6-19(16)24-12-11-23-22(24)32(30)14-4-13-31-18-8-9-20(25(28)29)17(15-18)7-10-21(26)27/h2-3,5-12,15H,4,13-14H2,1H3,(H,26,27)/b10-7+. The largest absolute Gasteiger partial charge is 0.609 e. The minimum Gasteiger partial charge on any atom is -0.609 e. The number of aromatic nitrogens is 2.